The Kier molecular flexibility index (Phi) is 12.4. The fourth-order valence-electron chi connectivity index (χ4n) is 8.05. The molecule has 2 nitrogen and oxygen atoms in total. The third kappa shape index (κ3) is 9.78. The number of halogens is 2. The van der Waals surface area contributed by atoms with Crippen LogP contribution in [-0.4, -0.2) is 0 Å². The van der Waals surface area contributed by atoms with Gasteiger partial charge in [0.25, 0.3) is 0 Å². The molecule has 0 amide bonds. The van der Waals surface area contributed by atoms with Crippen LogP contribution in [-0.2, 0) is 27.1 Å². The lowest BCUT2D eigenvalue weighted by Crippen LogP contribution is -2.16. The van der Waals surface area contributed by atoms with E-state index in [9.17, 15) is 0 Å². The Morgan fingerprint density at radius 3 is 1.32 bits per heavy atom. The first-order valence-electron chi connectivity index (χ1n) is 22.3. The second-order valence-corrected chi connectivity index (χ2v) is 24.1. The third-order valence-corrected chi connectivity index (χ3v) is 13.9. The van der Waals surface area contributed by atoms with Crippen molar-refractivity contribution in [3.63, 3.8) is 0 Å². The first-order chi connectivity index (χ1) is 29.2. The van der Waals surface area contributed by atoms with E-state index in [1.807, 2.05) is 0 Å². The summed E-state index contributed by atoms with van der Waals surface area (Å²) in [6, 6.07) is 44.6. The van der Waals surface area contributed by atoms with Crippen molar-refractivity contribution in [1.82, 2.24) is 0 Å². The maximum absolute atomic E-state index is 7.90. The Labute approximate surface area is 392 Å². The minimum Gasteiger partial charge on any atom is -0.307 e. The smallest absolute Gasteiger partial charge is 0.0887 e. The summed E-state index contributed by atoms with van der Waals surface area (Å²) < 4.78 is 1.23. The zero-order chi connectivity index (χ0) is 46.0. The molecule has 0 atom stereocenters. The van der Waals surface area contributed by atoms with Crippen molar-refractivity contribution < 1.29 is 0 Å². The molecule has 328 valence electrons. The van der Waals surface area contributed by atoms with Gasteiger partial charge in [-0.1, -0.05) is 188 Å². The highest BCUT2D eigenvalue weighted by Crippen LogP contribution is 2.51. The normalized spacial score (nSPS) is 12.8. The Balaban J connectivity index is 1.44. The topological polar surface area (TPSA) is 6.48 Å². The molecule has 0 aliphatic carbocycles. The molecule has 63 heavy (non-hydrogen) atoms. The number of rotatable bonds is 7. The van der Waals surface area contributed by atoms with E-state index in [-0.39, 0.29) is 27.1 Å². The molecule has 0 N–H and O–H groups in total. The predicted octanol–water partition coefficient (Wildman–Crippen LogP) is 19.3. The van der Waals surface area contributed by atoms with Crippen LogP contribution in [0.25, 0.3) is 21.2 Å². The fourth-order valence-corrected chi connectivity index (χ4v) is 9.52. The SMILES string of the molecule is CC(C)(C)c1ccc(N(c2cccc(N(c3ccc(-c4cc(C(C)(C)C)cc(C(C)(C)C)c4)cc3)c3ccc(C(C)(C)C)cc3Cl)c2Cl)c2csc3ccc(C(C)(C)C)cc23)cc1. The zero-order valence-corrected chi connectivity index (χ0v) is 42.5. The van der Waals surface area contributed by atoms with Crippen molar-refractivity contribution >= 4 is 78.7 Å². The molecule has 0 unspecified atom stereocenters. The van der Waals surface area contributed by atoms with E-state index in [0.29, 0.717) is 10.0 Å². The lowest BCUT2D eigenvalue weighted by molar-refractivity contribution is 0.569. The summed E-state index contributed by atoms with van der Waals surface area (Å²) in [5.41, 5.74) is 14.4. The Hall–Kier alpha value is -4.54. The molecule has 0 saturated carbocycles. The van der Waals surface area contributed by atoms with Crippen molar-refractivity contribution in [2.75, 3.05) is 9.80 Å². The molecule has 0 spiro atoms. The maximum atomic E-state index is 7.90. The molecule has 0 saturated heterocycles. The van der Waals surface area contributed by atoms with Gasteiger partial charge >= 0.3 is 0 Å². The average Bonchev–Trinajstić information content (AvgIpc) is 3.61. The summed E-state index contributed by atoms with van der Waals surface area (Å²) in [6.07, 6.45) is 0. The van der Waals surface area contributed by atoms with E-state index in [1.165, 1.54) is 43.5 Å². The van der Waals surface area contributed by atoms with Gasteiger partial charge < -0.3 is 9.80 Å². The van der Waals surface area contributed by atoms with Gasteiger partial charge in [0.1, 0.15) is 0 Å². The van der Waals surface area contributed by atoms with Crippen molar-refractivity contribution in [3.8, 4) is 11.1 Å². The minimum atomic E-state index is -0.0705. The second kappa shape index (κ2) is 16.8. The highest BCUT2D eigenvalue weighted by atomic mass is 35.5. The molecule has 0 aliphatic heterocycles. The highest BCUT2D eigenvalue weighted by Gasteiger charge is 2.28. The van der Waals surface area contributed by atoms with Gasteiger partial charge in [-0.05, 0) is 127 Å². The molecule has 5 heteroatoms. The van der Waals surface area contributed by atoms with Crippen LogP contribution in [0.4, 0.5) is 34.1 Å². The van der Waals surface area contributed by atoms with Crippen LogP contribution in [0, 0.1) is 0 Å². The van der Waals surface area contributed by atoms with Crippen LogP contribution in [0.15, 0.2) is 127 Å². The lowest BCUT2D eigenvalue weighted by atomic mass is 9.79. The molecular formula is C58H66Cl2N2S. The van der Waals surface area contributed by atoms with Crippen molar-refractivity contribution in [3.05, 3.63) is 165 Å². The number of benzene rings is 6. The largest absolute Gasteiger partial charge is 0.307 e. The summed E-state index contributed by atoms with van der Waals surface area (Å²) >= 11 is 17.1. The van der Waals surface area contributed by atoms with Gasteiger partial charge in [0, 0.05) is 26.8 Å². The number of hydrogen-bond acceptors (Lipinski definition) is 3. The third-order valence-electron chi connectivity index (χ3n) is 12.3. The van der Waals surface area contributed by atoms with Crippen LogP contribution >= 0.6 is 34.5 Å². The molecule has 0 aliphatic rings. The van der Waals surface area contributed by atoms with Gasteiger partial charge in [0.05, 0.1) is 32.8 Å². The molecule has 0 radical (unpaired) electrons. The standard InChI is InChI=1S/C58H66Cl2N2S/c1-54(2,3)39-21-27-45(28-22-39)62(51-36-63-52-30-24-40(34-46(51)52)55(4,5)6)50-18-16-17-49(53(50)60)61(48-29-23-41(35-47(48)59)56(7,8)9)44-25-19-37(20-26-44)38-31-42(57(10,11)12)33-43(32-38)58(13,14)15/h16-36H,1-15H3. The fraction of sp³-hybridized carbons (Fsp3) is 0.345. The van der Waals surface area contributed by atoms with Gasteiger partial charge in [0.15, 0.2) is 0 Å². The summed E-state index contributed by atoms with van der Waals surface area (Å²) in [6.45, 7) is 34.0. The van der Waals surface area contributed by atoms with Crippen LogP contribution in [0.2, 0.25) is 10.0 Å². The van der Waals surface area contributed by atoms with Crippen molar-refractivity contribution in [2.24, 2.45) is 0 Å². The average molecular weight is 894 g/mol. The van der Waals surface area contributed by atoms with E-state index in [0.717, 1.165) is 39.7 Å². The van der Waals surface area contributed by atoms with Crippen LogP contribution in [0.3, 0.4) is 0 Å². The molecule has 0 bridgehead atoms. The molecule has 1 heterocycles. The molecule has 7 rings (SSSR count). The first-order valence-corrected chi connectivity index (χ1v) is 23.9. The van der Waals surface area contributed by atoms with E-state index < -0.39 is 0 Å². The molecule has 6 aromatic carbocycles. The number of anilines is 6. The molecule has 7 aromatic rings. The monoisotopic (exact) mass is 892 g/mol. The van der Waals surface area contributed by atoms with Gasteiger partial charge in [0.2, 0.25) is 0 Å². The summed E-state index contributed by atoms with van der Waals surface area (Å²) in [5, 5.41) is 4.76. The molecule has 1 aromatic heterocycles. The van der Waals surface area contributed by atoms with E-state index in [1.54, 1.807) is 11.3 Å². The van der Waals surface area contributed by atoms with Gasteiger partial charge in [-0.25, -0.2) is 0 Å². The Morgan fingerprint density at radius 2 is 0.825 bits per heavy atom. The zero-order valence-electron chi connectivity index (χ0n) is 40.2. The summed E-state index contributed by atoms with van der Waals surface area (Å²) in [5.74, 6) is 0. The van der Waals surface area contributed by atoms with E-state index in [4.69, 9.17) is 23.2 Å². The lowest BCUT2D eigenvalue weighted by Gasteiger charge is -2.32. The predicted molar refractivity (Wildman–Crippen MR) is 280 cm³/mol. The minimum absolute atomic E-state index is 0.00767. The van der Waals surface area contributed by atoms with Gasteiger partial charge in [-0.15, -0.1) is 11.3 Å². The quantitative estimate of drug-likeness (QED) is 0.157. The number of thiophene rings is 1. The maximum Gasteiger partial charge on any atom is 0.0887 e. The number of nitrogens with zero attached hydrogens (tertiary/aromatic N) is 2. The molecule has 0 fully saturated rings. The summed E-state index contributed by atoms with van der Waals surface area (Å²) in [4.78, 5) is 4.56. The number of hydrogen-bond donors (Lipinski definition) is 0. The first kappa shape index (κ1) is 46.5. The van der Waals surface area contributed by atoms with Crippen molar-refractivity contribution in [1.29, 1.82) is 0 Å². The highest BCUT2D eigenvalue weighted by molar-refractivity contribution is 7.17. The number of fused-ring (bicyclic) bond motifs is 1. The second-order valence-electron chi connectivity index (χ2n) is 22.4. The van der Waals surface area contributed by atoms with Crippen LogP contribution in [0.1, 0.15) is 132 Å². The van der Waals surface area contributed by atoms with Crippen molar-refractivity contribution in [2.45, 2.75) is 131 Å². The van der Waals surface area contributed by atoms with E-state index in [2.05, 4.69) is 240 Å². The van der Waals surface area contributed by atoms with Crippen LogP contribution in [0.5, 0.6) is 0 Å². The van der Waals surface area contributed by atoms with Gasteiger partial charge in [-0.3, -0.25) is 0 Å². The summed E-state index contributed by atoms with van der Waals surface area (Å²) in [7, 11) is 0. The van der Waals surface area contributed by atoms with Crippen LogP contribution < -0.4 is 9.80 Å². The Bertz CT molecular complexity index is 2730. The van der Waals surface area contributed by atoms with E-state index >= 15 is 0 Å². The van der Waals surface area contributed by atoms with Gasteiger partial charge in [-0.2, -0.15) is 0 Å². The Morgan fingerprint density at radius 1 is 0.381 bits per heavy atom. The molecular weight excluding hydrogens is 828 g/mol.